The first-order chi connectivity index (χ1) is 12.6. The number of H-pyrrole nitrogens is 1. The minimum atomic E-state index is -0.834. The molecule has 1 aliphatic heterocycles. The molecule has 1 aliphatic rings. The molecule has 3 heterocycles. The molecule has 0 aromatic carbocycles. The van der Waals surface area contributed by atoms with E-state index in [2.05, 4.69) is 35.8 Å². The van der Waals surface area contributed by atoms with E-state index in [0.717, 1.165) is 4.90 Å². The number of carbonyl (C=O) groups is 3. The summed E-state index contributed by atoms with van der Waals surface area (Å²) in [6.45, 7) is 2.32. The summed E-state index contributed by atoms with van der Waals surface area (Å²) in [7, 11) is 0. The average Bonchev–Trinajstić information content (AvgIpc) is 3.22. The fraction of sp³-hybridized carbons (Fsp3) is 0.400. The molecule has 1 fully saturated rings. The van der Waals surface area contributed by atoms with Gasteiger partial charge < -0.3 is 10.6 Å². The Bertz CT molecular complexity index is 806. The van der Waals surface area contributed by atoms with Crippen molar-refractivity contribution in [1.82, 2.24) is 40.7 Å². The summed E-state index contributed by atoms with van der Waals surface area (Å²) in [5.41, 5.74) is 0.511. The molecule has 4 amide bonds. The number of imide groups is 1. The highest BCUT2D eigenvalue weighted by Gasteiger charge is 2.38. The fourth-order valence-electron chi connectivity index (χ4n) is 2.49. The highest BCUT2D eigenvalue weighted by Crippen LogP contribution is 2.11. The second-order valence-corrected chi connectivity index (χ2v) is 5.67. The molecule has 26 heavy (non-hydrogen) atoms. The monoisotopic (exact) mass is 358 g/mol. The van der Waals surface area contributed by atoms with Crippen molar-refractivity contribution in [1.29, 1.82) is 0 Å². The maximum absolute atomic E-state index is 12.1. The maximum Gasteiger partial charge on any atom is 0.324 e. The van der Waals surface area contributed by atoms with Crippen LogP contribution in [0.25, 0.3) is 11.5 Å². The van der Waals surface area contributed by atoms with E-state index >= 15 is 0 Å². The number of nitrogens with zero attached hydrogens (tertiary/aromatic N) is 5. The van der Waals surface area contributed by atoms with Crippen molar-refractivity contribution in [3.05, 3.63) is 24.4 Å². The quantitative estimate of drug-likeness (QED) is 0.571. The van der Waals surface area contributed by atoms with Crippen molar-refractivity contribution in [2.75, 3.05) is 6.54 Å². The Morgan fingerprint density at radius 3 is 2.92 bits per heavy atom. The van der Waals surface area contributed by atoms with Gasteiger partial charge in [0, 0.05) is 18.9 Å². The summed E-state index contributed by atoms with van der Waals surface area (Å²) in [5, 5.41) is 11.9. The van der Waals surface area contributed by atoms with Crippen LogP contribution in [0.3, 0.4) is 0 Å². The second kappa shape index (κ2) is 7.68. The van der Waals surface area contributed by atoms with Crippen LogP contribution in [0.15, 0.2) is 18.6 Å². The summed E-state index contributed by atoms with van der Waals surface area (Å²) >= 11 is 0. The molecule has 136 valence electrons. The lowest BCUT2D eigenvalue weighted by Gasteiger charge is -2.11. The van der Waals surface area contributed by atoms with Crippen LogP contribution in [0, 0.1) is 0 Å². The first kappa shape index (κ1) is 17.5. The number of amides is 4. The molecule has 0 aliphatic carbocycles. The van der Waals surface area contributed by atoms with Gasteiger partial charge in [-0.2, -0.15) is 5.10 Å². The Labute approximate surface area is 148 Å². The van der Waals surface area contributed by atoms with Crippen LogP contribution in [0.2, 0.25) is 0 Å². The third-order valence-corrected chi connectivity index (χ3v) is 3.72. The largest absolute Gasteiger partial charge is 0.349 e. The van der Waals surface area contributed by atoms with Gasteiger partial charge in [-0.05, 0) is 6.42 Å². The van der Waals surface area contributed by atoms with E-state index in [0.29, 0.717) is 30.3 Å². The van der Waals surface area contributed by atoms with Gasteiger partial charge in [0.15, 0.2) is 0 Å². The van der Waals surface area contributed by atoms with E-state index in [1.54, 1.807) is 6.20 Å². The Hall–Kier alpha value is -3.37. The molecule has 2 aromatic heterocycles. The van der Waals surface area contributed by atoms with Gasteiger partial charge in [0.2, 0.25) is 11.7 Å². The van der Waals surface area contributed by atoms with Gasteiger partial charge >= 0.3 is 6.03 Å². The lowest BCUT2D eigenvalue weighted by atomic mass is 10.2. The summed E-state index contributed by atoms with van der Waals surface area (Å²) in [6, 6.07) is -1.29. The van der Waals surface area contributed by atoms with Crippen molar-refractivity contribution >= 4 is 17.8 Å². The molecule has 1 atom stereocenters. The first-order valence-electron chi connectivity index (χ1n) is 8.14. The molecular formula is C15H18N8O3. The first-order valence-corrected chi connectivity index (χ1v) is 8.14. The third-order valence-electron chi connectivity index (χ3n) is 3.72. The molecule has 1 saturated heterocycles. The van der Waals surface area contributed by atoms with E-state index in [-0.39, 0.29) is 24.8 Å². The zero-order chi connectivity index (χ0) is 18.5. The number of carbonyl (C=O) groups excluding carboxylic acids is 3. The molecule has 2 aromatic rings. The van der Waals surface area contributed by atoms with Gasteiger partial charge in [-0.25, -0.2) is 14.8 Å². The van der Waals surface area contributed by atoms with Crippen molar-refractivity contribution in [2.24, 2.45) is 0 Å². The van der Waals surface area contributed by atoms with Crippen LogP contribution in [-0.2, 0) is 16.1 Å². The Balaban J connectivity index is 1.51. The van der Waals surface area contributed by atoms with Crippen LogP contribution < -0.4 is 10.6 Å². The van der Waals surface area contributed by atoms with Crippen molar-refractivity contribution in [2.45, 2.75) is 32.4 Å². The summed E-state index contributed by atoms with van der Waals surface area (Å²) < 4.78 is 0. The second-order valence-electron chi connectivity index (χ2n) is 5.67. The minimum absolute atomic E-state index is 0.111. The number of urea groups is 1. The number of hydrogen-bond donors (Lipinski definition) is 3. The number of hydrogen-bond acceptors (Lipinski definition) is 7. The zero-order valence-electron chi connectivity index (χ0n) is 14.1. The van der Waals surface area contributed by atoms with Crippen LogP contribution in [-0.4, -0.2) is 60.5 Å². The normalized spacial score (nSPS) is 16.7. The van der Waals surface area contributed by atoms with Crippen LogP contribution in [0.1, 0.15) is 25.6 Å². The Kier molecular flexibility index (Phi) is 5.15. The highest BCUT2D eigenvalue weighted by molar-refractivity contribution is 6.05. The highest BCUT2D eigenvalue weighted by atomic mass is 16.2. The van der Waals surface area contributed by atoms with E-state index < -0.39 is 12.1 Å². The van der Waals surface area contributed by atoms with Crippen LogP contribution in [0.4, 0.5) is 4.79 Å². The predicted molar refractivity (Wildman–Crippen MR) is 88.2 cm³/mol. The molecule has 11 nitrogen and oxygen atoms in total. The van der Waals surface area contributed by atoms with Crippen molar-refractivity contribution in [3.63, 3.8) is 0 Å². The third kappa shape index (κ3) is 3.82. The van der Waals surface area contributed by atoms with Gasteiger partial charge in [0.1, 0.15) is 17.6 Å². The van der Waals surface area contributed by atoms with E-state index in [9.17, 15) is 14.4 Å². The van der Waals surface area contributed by atoms with Gasteiger partial charge in [-0.3, -0.25) is 24.6 Å². The predicted octanol–water partition coefficient (Wildman–Crippen LogP) is -0.402. The molecule has 3 N–H and O–H groups in total. The Morgan fingerprint density at radius 1 is 1.35 bits per heavy atom. The number of rotatable bonds is 7. The van der Waals surface area contributed by atoms with Crippen LogP contribution >= 0.6 is 0 Å². The smallest absolute Gasteiger partial charge is 0.324 e. The van der Waals surface area contributed by atoms with Crippen molar-refractivity contribution in [3.8, 4) is 11.5 Å². The molecular weight excluding hydrogens is 340 g/mol. The van der Waals surface area contributed by atoms with Crippen LogP contribution in [0.5, 0.6) is 0 Å². The molecule has 0 bridgehead atoms. The molecule has 0 spiro atoms. The fourth-order valence-corrected chi connectivity index (χ4v) is 2.49. The number of aromatic amines is 1. The molecule has 0 saturated carbocycles. The summed E-state index contributed by atoms with van der Waals surface area (Å²) in [4.78, 5) is 49.2. The van der Waals surface area contributed by atoms with Gasteiger partial charge in [-0.1, -0.05) is 6.92 Å². The standard InChI is InChI=1S/C15H18N8O3/c1-2-5-23-14(25)9(19-15(23)26)6-12(24)18-8-11-20-13(22-21-11)10-7-16-3-4-17-10/h3-4,7,9H,2,5-6,8H2,1H3,(H,18,24)(H,19,26)(H,20,21,22)/t9-/m1/s1. The lowest BCUT2D eigenvalue weighted by molar-refractivity contribution is -0.130. The molecule has 11 heteroatoms. The van der Waals surface area contributed by atoms with Gasteiger partial charge in [0.25, 0.3) is 5.91 Å². The molecule has 0 unspecified atom stereocenters. The van der Waals surface area contributed by atoms with E-state index in [1.807, 2.05) is 6.92 Å². The molecule has 3 rings (SSSR count). The van der Waals surface area contributed by atoms with Gasteiger partial charge in [-0.15, -0.1) is 0 Å². The van der Waals surface area contributed by atoms with Gasteiger partial charge in [0.05, 0.1) is 19.2 Å². The zero-order valence-corrected chi connectivity index (χ0v) is 14.1. The van der Waals surface area contributed by atoms with E-state index in [1.165, 1.54) is 12.4 Å². The Morgan fingerprint density at radius 2 is 2.19 bits per heavy atom. The molecule has 0 radical (unpaired) electrons. The number of nitrogens with one attached hydrogen (secondary N) is 3. The number of aromatic nitrogens is 5. The maximum atomic E-state index is 12.1. The SMILES string of the molecule is CCCN1C(=O)N[C@H](CC(=O)NCc2nc(-c3cnccn3)n[nH]2)C1=O. The van der Waals surface area contributed by atoms with E-state index in [4.69, 9.17) is 0 Å². The average molecular weight is 358 g/mol. The minimum Gasteiger partial charge on any atom is -0.349 e. The lowest BCUT2D eigenvalue weighted by Crippen LogP contribution is -2.36. The topological polar surface area (TPSA) is 146 Å². The summed E-state index contributed by atoms with van der Waals surface area (Å²) in [5.74, 6) is 0.0558. The summed E-state index contributed by atoms with van der Waals surface area (Å²) in [6.07, 6.45) is 5.14. The van der Waals surface area contributed by atoms with Crippen molar-refractivity contribution < 1.29 is 14.4 Å².